The number of amides is 1. The van der Waals surface area contributed by atoms with Crippen LogP contribution < -0.4 is 4.74 Å². The molecule has 8 heteroatoms. The maximum Gasteiger partial charge on any atom is 0.387 e. The third-order valence-electron chi connectivity index (χ3n) is 4.26. The molecule has 0 heterocycles. The van der Waals surface area contributed by atoms with Gasteiger partial charge in [0.2, 0.25) is 5.91 Å². The molecule has 2 aromatic carbocycles. The van der Waals surface area contributed by atoms with Crippen LogP contribution in [0, 0.1) is 0 Å². The summed E-state index contributed by atoms with van der Waals surface area (Å²) in [5.41, 5.74) is 1.12. The van der Waals surface area contributed by atoms with Gasteiger partial charge in [-0.05, 0) is 36.8 Å². The average Bonchev–Trinajstić information content (AvgIpc) is 2.65. The highest BCUT2D eigenvalue weighted by Crippen LogP contribution is 2.23. The molecule has 5 nitrogen and oxygen atoms in total. The first-order chi connectivity index (χ1) is 13.1. The molecule has 0 saturated heterocycles. The second-order valence-corrected chi connectivity index (χ2v) is 8.23. The molecular weight excluding hydrogens is 388 g/mol. The number of carbonyl (C=O) groups excluding carboxylic acids is 1. The molecule has 0 aliphatic rings. The number of para-hydroxylation sites is 1. The Kier molecular flexibility index (Phi) is 6.90. The van der Waals surface area contributed by atoms with Crippen molar-refractivity contribution in [1.82, 2.24) is 4.90 Å². The highest BCUT2D eigenvalue weighted by atomic mass is 32.2. The van der Waals surface area contributed by atoms with Crippen molar-refractivity contribution in [3.8, 4) is 5.75 Å². The van der Waals surface area contributed by atoms with Crippen LogP contribution in [0.5, 0.6) is 5.75 Å². The van der Waals surface area contributed by atoms with Crippen molar-refractivity contribution >= 4 is 21.8 Å². The molecule has 0 aliphatic carbocycles. The van der Waals surface area contributed by atoms with E-state index in [4.69, 9.17) is 0 Å². The van der Waals surface area contributed by atoms with E-state index in [0.29, 0.717) is 5.56 Å². The lowest BCUT2D eigenvalue weighted by atomic mass is 10.1. The molecule has 0 bridgehead atoms. The number of nitrogens with zero attached hydrogens (tertiary/aromatic N) is 1. The Morgan fingerprint density at radius 2 is 1.71 bits per heavy atom. The summed E-state index contributed by atoms with van der Waals surface area (Å²) in [5.74, 6) is -0.361. The number of rotatable bonds is 7. The second-order valence-electron chi connectivity index (χ2n) is 6.22. The minimum atomic E-state index is -3.29. The normalized spacial score (nSPS) is 12.9. The van der Waals surface area contributed by atoms with Gasteiger partial charge in [-0.3, -0.25) is 4.79 Å². The monoisotopic (exact) mass is 409 g/mol. The highest BCUT2D eigenvalue weighted by molar-refractivity contribution is 7.90. The van der Waals surface area contributed by atoms with Gasteiger partial charge >= 0.3 is 6.61 Å². The lowest BCUT2D eigenvalue weighted by Gasteiger charge is -2.24. The molecular formula is C20H21F2NO4S. The first-order valence-electron chi connectivity index (χ1n) is 8.38. The first kappa shape index (κ1) is 21.6. The second kappa shape index (κ2) is 8.97. The van der Waals surface area contributed by atoms with Gasteiger partial charge in [0.05, 0.1) is 10.9 Å². The Morgan fingerprint density at radius 1 is 1.11 bits per heavy atom. The van der Waals surface area contributed by atoms with Crippen LogP contribution in [0.4, 0.5) is 8.78 Å². The van der Waals surface area contributed by atoms with Crippen LogP contribution in [0.1, 0.15) is 24.1 Å². The van der Waals surface area contributed by atoms with Gasteiger partial charge in [-0.2, -0.15) is 8.78 Å². The van der Waals surface area contributed by atoms with Crippen LogP contribution in [0.2, 0.25) is 0 Å². The number of hydrogen-bond acceptors (Lipinski definition) is 4. The summed E-state index contributed by atoms with van der Waals surface area (Å²) in [6.07, 6.45) is 3.81. The molecule has 150 valence electrons. The summed E-state index contributed by atoms with van der Waals surface area (Å²) in [6.45, 7) is -1.16. The summed E-state index contributed by atoms with van der Waals surface area (Å²) in [5, 5.41) is 0. The number of likely N-dealkylation sites (N-methyl/N-ethyl adjacent to an activating group) is 1. The summed E-state index contributed by atoms with van der Waals surface area (Å²) >= 11 is 0. The molecule has 0 saturated carbocycles. The number of sulfone groups is 1. The van der Waals surface area contributed by atoms with Crippen molar-refractivity contribution in [2.24, 2.45) is 0 Å². The van der Waals surface area contributed by atoms with Gasteiger partial charge in [-0.15, -0.1) is 0 Å². The van der Waals surface area contributed by atoms with Gasteiger partial charge < -0.3 is 9.64 Å². The van der Waals surface area contributed by atoms with Gasteiger partial charge in [0.1, 0.15) is 5.75 Å². The van der Waals surface area contributed by atoms with Crippen LogP contribution in [-0.2, 0) is 14.6 Å². The zero-order valence-electron chi connectivity index (χ0n) is 15.7. The topological polar surface area (TPSA) is 63.7 Å². The Labute approximate surface area is 163 Å². The molecule has 2 rings (SSSR count). The van der Waals surface area contributed by atoms with Crippen LogP contribution in [0.15, 0.2) is 59.5 Å². The van der Waals surface area contributed by atoms with E-state index >= 15 is 0 Å². The molecule has 1 unspecified atom stereocenters. The molecule has 1 atom stereocenters. The molecule has 0 aliphatic heterocycles. The molecule has 1 amide bonds. The third-order valence-corrected chi connectivity index (χ3v) is 5.39. The fraction of sp³-hybridized carbons (Fsp3) is 0.250. The highest BCUT2D eigenvalue weighted by Gasteiger charge is 2.17. The van der Waals surface area contributed by atoms with E-state index in [1.54, 1.807) is 44.3 Å². The molecule has 0 aromatic heterocycles. The molecule has 0 N–H and O–H groups in total. The van der Waals surface area contributed by atoms with Gasteiger partial charge in [-0.1, -0.05) is 30.3 Å². The van der Waals surface area contributed by atoms with E-state index in [-0.39, 0.29) is 22.6 Å². The number of halogens is 2. The smallest absolute Gasteiger partial charge is 0.387 e. The Morgan fingerprint density at radius 3 is 2.29 bits per heavy atom. The molecule has 2 aromatic rings. The maximum atomic E-state index is 12.5. The fourth-order valence-corrected chi connectivity index (χ4v) is 3.14. The van der Waals surface area contributed by atoms with Gasteiger partial charge in [0.25, 0.3) is 0 Å². The minimum Gasteiger partial charge on any atom is -0.434 e. The standard InChI is InChI=1S/C20H21F2NO4S/c1-14(15-8-11-17(12-9-15)28(3,25)26)23(2)19(24)13-10-16-6-4-5-7-18(16)27-20(21)22/h4-14,20H,1-3H3/b13-10+. The number of alkyl halides is 2. The van der Waals surface area contributed by atoms with E-state index in [0.717, 1.165) is 11.8 Å². The van der Waals surface area contributed by atoms with E-state index in [1.807, 2.05) is 0 Å². The van der Waals surface area contributed by atoms with E-state index in [2.05, 4.69) is 4.74 Å². The van der Waals surface area contributed by atoms with E-state index in [1.165, 1.54) is 35.3 Å². The number of benzene rings is 2. The lowest BCUT2D eigenvalue weighted by Crippen LogP contribution is -2.28. The van der Waals surface area contributed by atoms with Crippen molar-refractivity contribution in [3.05, 3.63) is 65.7 Å². The van der Waals surface area contributed by atoms with Crippen molar-refractivity contribution in [1.29, 1.82) is 0 Å². The molecule has 0 radical (unpaired) electrons. The van der Waals surface area contributed by atoms with Gasteiger partial charge in [0, 0.05) is 24.9 Å². The first-order valence-corrected chi connectivity index (χ1v) is 10.3. The Balaban J connectivity index is 2.13. The minimum absolute atomic E-state index is 0.0198. The summed E-state index contributed by atoms with van der Waals surface area (Å²) in [7, 11) is -1.69. The number of hydrogen-bond donors (Lipinski definition) is 0. The fourth-order valence-electron chi connectivity index (χ4n) is 2.51. The van der Waals surface area contributed by atoms with E-state index in [9.17, 15) is 22.0 Å². The van der Waals surface area contributed by atoms with Crippen LogP contribution in [0.25, 0.3) is 6.08 Å². The average molecular weight is 409 g/mol. The Bertz CT molecular complexity index is 956. The van der Waals surface area contributed by atoms with Crippen molar-refractivity contribution in [2.75, 3.05) is 13.3 Å². The molecule has 28 heavy (non-hydrogen) atoms. The van der Waals surface area contributed by atoms with Crippen LogP contribution in [0.3, 0.4) is 0 Å². The van der Waals surface area contributed by atoms with Crippen molar-refractivity contribution < 1.29 is 26.7 Å². The summed E-state index contributed by atoms with van der Waals surface area (Å²) in [4.78, 5) is 14.1. The number of ether oxygens (including phenoxy) is 1. The number of carbonyl (C=O) groups is 1. The zero-order valence-corrected chi connectivity index (χ0v) is 16.5. The summed E-state index contributed by atoms with van der Waals surface area (Å²) in [6, 6.07) is 12.1. The molecule has 0 spiro atoms. The van der Waals surface area contributed by atoms with Gasteiger partial charge in [0.15, 0.2) is 9.84 Å². The molecule has 0 fully saturated rings. The zero-order chi connectivity index (χ0) is 20.9. The third kappa shape index (κ3) is 5.63. The predicted octanol–water partition coefficient (Wildman–Crippen LogP) is 3.92. The van der Waals surface area contributed by atoms with Crippen LogP contribution in [-0.4, -0.2) is 39.1 Å². The summed E-state index contributed by atoms with van der Waals surface area (Å²) < 4.78 is 52.4. The van der Waals surface area contributed by atoms with Crippen molar-refractivity contribution in [3.63, 3.8) is 0 Å². The maximum absolute atomic E-state index is 12.5. The Hall–Kier alpha value is -2.74. The van der Waals surface area contributed by atoms with Crippen LogP contribution >= 0.6 is 0 Å². The van der Waals surface area contributed by atoms with E-state index < -0.39 is 16.4 Å². The predicted molar refractivity (Wildman–Crippen MR) is 103 cm³/mol. The van der Waals surface area contributed by atoms with Gasteiger partial charge in [-0.25, -0.2) is 8.42 Å². The quantitative estimate of drug-likeness (QED) is 0.650. The SMILES string of the molecule is CC(c1ccc(S(C)(=O)=O)cc1)N(C)C(=O)/C=C/c1ccccc1OC(F)F. The van der Waals surface area contributed by atoms with Crippen molar-refractivity contribution in [2.45, 2.75) is 24.5 Å². The largest absolute Gasteiger partial charge is 0.434 e. The lowest BCUT2D eigenvalue weighted by molar-refractivity contribution is -0.126.